The second-order valence-corrected chi connectivity index (χ2v) is 4.20. The Morgan fingerprint density at radius 2 is 2.21 bits per heavy atom. The summed E-state index contributed by atoms with van der Waals surface area (Å²) >= 11 is 11.8. The predicted molar refractivity (Wildman–Crippen MR) is 62.2 cm³/mol. The molecule has 0 saturated heterocycles. The van der Waals surface area contributed by atoms with Gasteiger partial charge in [-0.2, -0.15) is 0 Å². The number of nitrogens with one attached hydrogen (secondary N) is 1. The number of anilines is 1. The van der Waals surface area contributed by atoms with Crippen LogP contribution in [0.4, 0.5) is 5.82 Å². The van der Waals surface area contributed by atoms with Crippen molar-refractivity contribution >= 4 is 29.0 Å². The van der Waals surface area contributed by atoms with E-state index in [0.717, 1.165) is 0 Å². The van der Waals surface area contributed by atoms with E-state index in [0.29, 0.717) is 22.6 Å². The average Bonchev–Trinajstić information content (AvgIpc) is 2.16. The van der Waals surface area contributed by atoms with E-state index in [4.69, 9.17) is 23.2 Å². The van der Waals surface area contributed by atoms with Gasteiger partial charge in [0, 0.05) is 18.1 Å². The largest absolute Gasteiger partial charge is 0.365 e. The molecule has 1 heterocycles. The van der Waals surface area contributed by atoms with Crippen LogP contribution in [0.2, 0.25) is 5.02 Å². The van der Waals surface area contributed by atoms with Crippen LogP contribution in [0.5, 0.6) is 0 Å². The number of nitrogens with zero attached hydrogens (tertiary/aromatic N) is 1. The van der Waals surface area contributed by atoms with Crippen LogP contribution in [0, 0.1) is 5.92 Å². The average molecular weight is 233 g/mol. The Morgan fingerprint density at radius 3 is 2.71 bits per heavy atom. The van der Waals surface area contributed by atoms with Gasteiger partial charge in [-0.25, -0.2) is 4.98 Å². The summed E-state index contributed by atoms with van der Waals surface area (Å²) < 4.78 is 0. The molecule has 0 amide bonds. The zero-order valence-corrected chi connectivity index (χ0v) is 9.81. The molecule has 78 valence electrons. The molecule has 0 spiro atoms. The van der Waals surface area contributed by atoms with Gasteiger partial charge in [0.15, 0.2) is 0 Å². The number of hydrogen-bond acceptors (Lipinski definition) is 2. The molecule has 0 bridgehead atoms. The summed E-state index contributed by atoms with van der Waals surface area (Å²) in [6.07, 6.45) is 1.71. The number of halogens is 2. The van der Waals surface area contributed by atoms with Gasteiger partial charge in [0.25, 0.3) is 0 Å². The summed E-state index contributed by atoms with van der Waals surface area (Å²) in [5.41, 5.74) is 0. The van der Waals surface area contributed by atoms with Gasteiger partial charge in [0.2, 0.25) is 0 Å². The van der Waals surface area contributed by atoms with E-state index in [1.807, 2.05) is 6.07 Å². The van der Waals surface area contributed by atoms with Crippen molar-refractivity contribution in [1.82, 2.24) is 4.98 Å². The summed E-state index contributed by atoms with van der Waals surface area (Å²) in [5, 5.41) is 3.85. The summed E-state index contributed by atoms with van der Waals surface area (Å²) in [6.45, 7) is 4.22. The van der Waals surface area contributed by atoms with E-state index in [-0.39, 0.29) is 6.04 Å². The first kappa shape index (κ1) is 11.6. The Kier molecular flexibility index (Phi) is 4.49. The highest BCUT2D eigenvalue weighted by Gasteiger charge is 2.13. The zero-order valence-electron chi connectivity index (χ0n) is 8.30. The second-order valence-electron chi connectivity index (χ2n) is 3.48. The molecule has 0 aliphatic heterocycles. The quantitative estimate of drug-likeness (QED) is 0.806. The van der Waals surface area contributed by atoms with Gasteiger partial charge < -0.3 is 5.32 Å². The molecule has 1 N–H and O–H groups in total. The van der Waals surface area contributed by atoms with E-state index >= 15 is 0 Å². The molecule has 0 saturated carbocycles. The number of alkyl halides is 1. The lowest BCUT2D eigenvalue weighted by Gasteiger charge is -2.20. The fourth-order valence-electron chi connectivity index (χ4n) is 1.05. The molecule has 0 aliphatic carbocycles. The molecule has 0 radical (unpaired) electrons. The van der Waals surface area contributed by atoms with Gasteiger partial charge >= 0.3 is 0 Å². The van der Waals surface area contributed by atoms with Crippen LogP contribution >= 0.6 is 23.2 Å². The van der Waals surface area contributed by atoms with Gasteiger partial charge in [-0.1, -0.05) is 25.4 Å². The molecule has 1 unspecified atom stereocenters. The van der Waals surface area contributed by atoms with E-state index in [9.17, 15) is 0 Å². The molecule has 4 heteroatoms. The van der Waals surface area contributed by atoms with Crippen LogP contribution in [-0.2, 0) is 0 Å². The lowest BCUT2D eigenvalue weighted by Crippen LogP contribution is -2.27. The van der Waals surface area contributed by atoms with E-state index in [1.54, 1.807) is 12.3 Å². The van der Waals surface area contributed by atoms with Gasteiger partial charge in [-0.3, -0.25) is 0 Å². The first-order valence-electron chi connectivity index (χ1n) is 4.58. The molecule has 14 heavy (non-hydrogen) atoms. The van der Waals surface area contributed by atoms with Crippen molar-refractivity contribution in [2.75, 3.05) is 11.2 Å². The van der Waals surface area contributed by atoms with Crippen LogP contribution in [-0.4, -0.2) is 16.9 Å². The van der Waals surface area contributed by atoms with Crippen LogP contribution in [0.1, 0.15) is 13.8 Å². The van der Waals surface area contributed by atoms with Crippen LogP contribution in [0.25, 0.3) is 0 Å². The maximum Gasteiger partial charge on any atom is 0.145 e. The zero-order chi connectivity index (χ0) is 10.6. The van der Waals surface area contributed by atoms with E-state index in [2.05, 4.69) is 24.1 Å². The molecule has 1 atom stereocenters. The number of aromatic nitrogens is 1. The Balaban J connectivity index is 2.72. The van der Waals surface area contributed by atoms with Gasteiger partial charge in [-0.15, -0.1) is 11.6 Å². The third kappa shape index (κ3) is 3.03. The standard InChI is InChI=1S/C10H14Cl2N2/c1-7(2)9(6-11)14-10-8(12)4-3-5-13-10/h3-5,7,9H,6H2,1-2H3,(H,13,14). The first-order valence-corrected chi connectivity index (χ1v) is 5.49. The summed E-state index contributed by atoms with van der Waals surface area (Å²) in [5.74, 6) is 1.70. The Morgan fingerprint density at radius 1 is 1.50 bits per heavy atom. The van der Waals surface area contributed by atoms with Crippen molar-refractivity contribution in [3.63, 3.8) is 0 Å². The third-order valence-electron chi connectivity index (χ3n) is 2.05. The van der Waals surface area contributed by atoms with E-state index < -0.39 is 0 Å². The molecule has 2 nitrogen and oxygen atoms in total. The van der Waals surface area contributed by atoms with Gasteiger partial charge in [0.1, 0.15) is 5.82 Å². The maximum absolute atomic E-state index is 5.96. The smallest absolute Gasteiger partial charge is 0.145 e. The molecule has 0 aromatic carbocycles. The minimum absolute atomic E-state index is 0.198. The van der Waals surface area contributed by atoms with Gasteiger partial charge in [0.05, 0.1) is 5.02 Å². The van der Waals surface area contributed by atoms with Crippen molar-refractivity contribution in [2.24, 2.45) is 5.92 Å². The maximum atomic E-state index is 5.96. The Labute approximate surface area is 94.6 Å². The predicted octanol–water partition coefficient (Wildman–Crippen LogP) is 3.41. The summed E-state index contributed by atoms with van der Waals surface area (Å²) in [6, 6.07) is 3.81. The monoisotopic (exact) mass is 232 g/mol. The van der Waals surface area contributed by atoms with Crippen LogP contribution < -0.4 is 5.32 Å². The lowest BCUT2D eigenvalue weighted by atomic mass is 10.1. The van der Waals surface area contributed by atoms with Crippen LogP contribution in [0.15, 0.2) is 18.3 Å². The van der Waals surface area contributed by atoms with Crippen LogP contribution in [0.3, 0.4) is 0 Å². The van der Waals surface area contributed by atoms with Crippen molar-refractivity contribution in [1.29, 1.82) is 0 Å². The molecular formula is C10H14Cl2N2. The van der Waals surface area contributed by atoms with Crippen molar-refractivity contribution < 1.29 is 0 Å². The fraction of sp³-hybridized carbons (Fsp3) is 0.500. The van der Waals surface area contributed by atoms with E-state index in [1.165, 1.54) is 0 Å². The Bertz CT molecular complexity index is 289. The molecule has 1 aromatic heterocycles. The summed E-state index contributed by atoms with van der Waals surface area (Å²) in [4.78, 5) is 4.15. The Hall–Kier alpha value is -0.470. The minimum atomic E-state index is 0.198. The second kappa shape index (κ2) is 5.42. The summed E-state index contributed by atoms with van der Waals surface area (Å²) in [7, 11) is 0. The molecule has 1 rings (SSSR count). The normalized spacial score (nSPS) is 12.9. The molecule has 0 aliphatic rings. The van der Waals surface area contributed by atoms with Crippen molar-refractivity contribution in [3.8, 4) is 0 Å². The fourth-order valence-corrected chi connectivity index (χ4v) is 1.66. The molecular weight excluding hydrogens is 219 g/mol. The third-order valence-corrected chi connectivity index (χ3v) is 2.69. The lowest BCUT2D eigenvalue weighted by molar-refractivity contribution is 0.562. The topological polar surface area (TPSA) is 24.9 Å². The SMILES string of the molecule is CC(C)C(CCl)Nc1ncccc1Cl. The number of hydrogen-bond donors (Lipinski definition) is 1. The number of rotatable bonds is 4. The van der Waals surface area contributed by atoms with Crippen molar-refractivity contribution in [2.45, 2.75) is 19.9 Å². The molecule has 0 fully saturated rings. The highest BCUT2D eigenvalue weighted by Crippen LogP contribution is 2.20. The first-order chi connectivity index (χ1) is 6.65. The van der Waals surface area contributed by atoms with Gasteiger partial charge in [-0.05, 0) is 18.1 Å². The number of pyridine rings is 1. The highest BCUT2D eigenvalue weighted by molar-refractivity contribution is 6.32. The highest BCUT2D eigenvalue weighted by atomic mass is 35.5. The molecule has 1 aromatic rings. The van der Waals surface area contributed by atoms with Crippen molar-refractivity contribution in [3.05, 3.63) is 23.4 Å². The minimum Gasteiger partial charge on any atom is -0.365 e.